The average Bonchev–Trinajstić information content (AvgIpc) is 3.74. The molecule has 1 aliphatic rings. The Bertz CT molecular complexity index is 1680. The predicted molar refractivity (Wildman–Crippen MR) is 149 cm³/mol. The molecule has 1 saturated heterocycles. The minimum Gasteiger partial charge on any atom is -0.491 e. The number of nitrogens with one attached hydrogen (secondary N) is 2. The quantitative estimate of drug-likeness (QED) is 0.263. The summed E-state index contributed by atoms with van der Waals surface area (Å²) in [5.41, 5.74) is 6.81. The second-order valence-corrected chi connectivity index (χ2v) is 10.4. The zero-order chi connectivity index (χ0) is 24.6. The molecule has 0 amide bonds. The molecule has 37 heavy (non-hydrogen) atoms. The van der Waals surface area contributed by atoms with E-state index >= 15 is 0 Å². The first-order valence-electron chi connectivity index (χ1n) is 12.6. The molecule has 0 atom stereocenters. The SMILES string of the molecule is c1csc(-c2cccc3[nH]c(-c4n[nH]c5cnc(-c6cncc(OCCN7CCCC7)c6)cc45)cc23)c1. The van der Waals surface area contributed by atoms with Gasteiger partial charge in [0.25, 0.3) is 0 Å². The zero-order valence-corrected chi connectivity index (χ0v) is 21.1. The van der Waals surface area contributed by atoms with Crippen molar-refractivity contribution in [3.8, 4) is 38.8 Å². The van der Waals surface area contributed by atoms with Gasteiger partial charge in [-0.25, -0.2) is 0 Å². The molecule has 0 unspecified atom stereocenters. The lowest BCUT2D eigenvalue weighted by Gasteiger charge is -2.15. The summed E-state index contributed by atoms with van der Waals surface area (Å²) in [5.74, 6) is 0.766. The average molecular weight is 507 g/mol. The van der Waals surface area contributed by atoms with E-state index in [1.807, 2.05) is 18.5 Å². The molecule has 5 aromatic heterocycles. The summed E-state index contributed by atoms with van der Waals surface area (Å²) in [7, 11) is 0. The number of thiophene rings is 1. The minimum absolute atomic E-state index is 0.664. The summed E-state index contributed by atoms with van der Waals surface area (Å²) in [6, 6.07) is 16.9. The van der Waals surface area contributed by atoms with Crippen molar-refractivity contribution in [2.45, 2.75) is 12.8 Å². The number of fused-ring (bicyclic) bond motifs is 2. The molecule has 1 aromatic carbocycles. The van der Waals surface area contributed by atoms with E-state index in [2.05, 4.69) is 77.9 Å². The standard InChI is InChI=1S/C29H26N6OS/c1-2-9-35(8-1)10-11-36-20-13-19(16-30-17-20)25-15-23-27(18-31-25)33-34-29(23)26-14-22-21(28-7-4-12-37-28)5-3-6-24(22)32-26/h3-7,12-18,32H,1-2,8-11H2,(H,33,34). The highest BCUT2D eigenvalue weighted by atomic mass is 32.1. The van der Waals surface area contributed by atoms with Crippen LogP contribution in [0.4, 0.5) is 0 Å². The third kappa shape index (κ3) is 4.28. The topological polar surface area (TPSA) is 82.7 Å². The van der Waals surface area contributed by atoms with Crippen molar-refractivity contribution < 1.29 is 4.74 Å². The fraction of sp³-hybridized carbons (Fsp3) is 0.207. The van der Waals surface area contributed by atoms with Crippen LogP contribution in [-0.2, 0) is 0 Å². The Balaban J connectivity index is 1.20. The Kier molecular flexibility index (Phi) is 5.68. The van der Waals surface area contributed by atoms with Gasteiger partial charge in [0.05, 0.1) is 29.3 Å². The Hall–Kier alpha value is -4.01. The van der Waals surface area contributed by atoms with Crippen LogP contribution in [0.15, 0.2) is 72.5 Å². The van der Waals surface area contributed by atoms with Crippen LogP contribution in [0.1, 0.15) is 12.8 Å². The first kappa shape index (κ1) is 22.2. The van der Waals surface area contributed by atoms with E-state index in [1.54, 1.807) is 17.5 Å². The van der Waals surface area contributed by atoms with Crippen molar-refractivity contribution in [3.05, 3.63) is 72.5 Å². The van der Waals surface area contributed by atoms with Gasteiger partial charge in [0.15, 0.2) is 0 Å². The first-order chi connectivity index (χ1) is 18.3. The van der Waals surface area contributed by atoms with Crippen molar-refractivity contribution >= 4 is 33.1 Å². The van der Waals surface area contributed by atoms with Crippen molar-refractivity contribution in [1.82, 2.24) is 30.0 Å². The number of hydrogen-bond donors (Lipinski definition) is 2. The number of hydrogen-bond acceptors (Lipinski definition) is 6. The summed E-state index contributed by atoms with van der Waals surface area (Å²) in [6.07, 6.45) is 8.01. The number of pyridine rings is 2. The van der Waals surface area contributed by atoms with Gasteiger partial charge in [0.2, 0.25) is 0 Å². The van der Waals surface area contributed by atoms with Crippen LogP contribution in [-0.4, -0.2) is 56.3 Å². The monoisotopic (exact) mass is 506 g/mol. The van der Waals surface area contributed by atoms with Gasteiger partial charge in [-0.2, -0.15) is 5.10 Å². The third-order valence-electron chi connectivity index (χ3n) is 7.04. The fourth-order valence-electron chi connectivity index (χ4n) is 5.15. The highest BCUT2D eigenvalue weighted by Crippen LogP contribution is 2.36. The Labute approximate surface area is 218 Å². The fourth-order valence-corrected chi connectivity index (χ4v) is 5.91. The van der Waals surface area contributed by atoms with Crippen molar-refractivity contribution in [3.63, 3.8) is 0 Å². The molecule has 184 valence electrons. The van der Waals surface area contributed by atoms with Crippen LogP contribution in [0.25, 0.3) is 54.9 Å². The number of rotatable bonds is 7. The molecule has 2 N–H and O–H groups in total. The summed E-state index contributed by atoms with van der Waals surface area (Å²) in [4.78, 5) is 16.4. The van der Waals surface area contributed by atoms with E-state index in [0.717, 1.165) is 51.4 Å². The van der Waals surface area contributed by atoms with Crippen LogP contribution in [0.2, 0.25) is 0 Å². The maximum atomic E-state index is 6.02. The Morgan fingerprint density at radius 3 is 2.78 bits per heavy atom. The number of aromatic nitrogens is 5. The van der Waals surface area contributed by atoms with Crippen molar-refractivity contribution in [2.24, 2.45) is 0 Å². The van der Waals surface area contributed by atoms with E-state index < -0.39 is 0 Å². The molecule has 0 aliphatic carbocycles. The molecule has 7 rings (SSSR count). The molecule has 7 nitrogen and oxygen atoms in total. The van der Waals surface area contributed by atoms with Crippen LogP contribution < -0.4 is 4.74 Å². The van der Waals surface area contributed by atoms with Gasteiger partial charge in [-0.1, -0.05) is 18.2 Å². The van der Waals surface area contributed by atoms with Crippen LogP contribution in [0, 0.1) is 0 Å². The molecule has 0 spiro atoms. The van der Waals surface area contributed by atoms with Crippen molar-refractivity contribution in [2.75, 3.05) is 26.2 Å². The first-order valence-corrected chi connectivity index (χ1v) is 13.5. The second kappa shape index (κ2) is 9.46. The molecule has 0 bridgehead atoms. The molecule has 8 heteroatoms. The zero-order valence-electron chi connectivity index (χ0n) is 20.3. The lowest BCUT2D eigenvalue weighted by molar-refractivity contribution is 0.237. The smallest absolute Gasteiger partial charge is 0.138 e. The highest BCUT2D eigenvalue weighted by Gasteiger charge is 2.16. The maximum absolute atomic E-state index is 6.02. The molecule has 6 heterocycles. The number of H-pyrrole nitrogens is 2. The molecule has 6 aromatic rings. The number of likely N-dealkylation sites (tertiary alicyclic amines) is 1. The minimum atomic E-state index is 0.664. The number of aromatic amines is 2. The number of nitrogens with zero attached hydrogens (tertiary/aromatic N) is 4. The molecular formula is C29H26N6OS. The number of benzene rings is 1. The van der Waals surface area contributed by atoms with Gasteiger partial charge < -0.3 is 9.72 Å². The predicted octanol–water partition coefficient (Wildman–Crippen LogP) is 6.37. The lowest BCUT2D eigenvalue weighted by Crippen LogP contribution is -2.25. The third-order valence-corrected chi connectivity index (χ3v) is 7.94. The van der Waals surface area contributed by atoms with E-state index in [0.29, 0.717) is 6.61 Å². The second-order valence-electron chi connectivity index (χ2n) is 9.42. The lowest BCUT2D eigenvalue weighted by atomic mass is 10.1. The van der Waals surface area contributed by atoms with E-state index in [9.17, 15) is 0 Å². The van der Waals surface area contributed by atoms with E-state index in [1.165, 1.54) is 41.8 Å². The summed E-state index contributed by atoms with van der Waals surface area (Å²) in [5, 5.41) is 12.1. The summed E-state index contributed by atoms with van der Waals surface area (Å²) < 4.78 is 6.02. The van der Waals surface area contributed by atoms with Gasteiger partial charge in [-0.05, 0) is 61.6 Å². The van der Waals surface area contributed by atoms with Crippen LogP contribution in [0.5, 0.6) is 5.75 Å². The van der Waals surface area contributed by atoms with Gasteiger partial charge in [-0.3, -0.25) is 20.0 Å². The summed E-state index contributed by atoms with van der Waals surface area (Å²) >= 11 is 1.75. The number of ether oxygens (including phenoxy) is 1. The van der Waals surface area contributed by atoms with Crippen LogP contribution in [0.3, 0.4) is 0 Å². The Morgan fingerprint density at radius 1 is 0.946 bits per heavy atom. The molecule has 1 aliphatic heterocycles. The van der Waals surface area contributed by atoms with Gasteiger partial charge in [-0.15, -0.1) is 11.3 Å². The summed E-state index contributed by atoms with van der Waals surface area (Å²) in [6.45, 7) is 3.96. The molecule has 1 fully saturated rings. The van der Waals surface area contributed by atoms with E-state index in [4.69, 9.17) is 4.74 Å². The molecule has 0 saturated carbocycles. The van der Waals surface area contributed by atoms with Gasteiger partial charge in [0.1, 0.15) is 18.1 Å². The highest BCUT2D eigenvalue weighted by molar-refractivity contribution is 7.13. The largest absolute Gasteiger partial charge is 0.491 e. The van der Waals surface area contributed by atoms with Gasteiger partial charge in [0, 0.05) is 45.0 Å². The Morgan fingerprint density at radius 2 is 1.89 bits per heavy atom. The molecular weight excluding hydrogens is 480 g/mol. The van der Waals surface area contributed by atoms with Gasteiger partial charge >= 0.3 is 0 Å². The maximum Gasteiger partial charge on any atom is 0.138 e. The van der Waals surface area contributed by atoms with Crippen molar-refractivity contribution in [1.29, 1.82) is 0 Å². The molecule has 0 radical (unpaired) electrons. The normalized spacial score (nSPS) is 14.2. The van der Waals surface area contributed by atoms with Crippen LogP contribution >= 0.6 is 11.3 Å². The van der Waals surface area contributed by atoms with E-state index in [-0.39, 0.29) is 0 Å².